The van der Waals surface area contributed by atoms with Crippen molar-refractivity contribution < 1.29 is 0 Å². The van der Waals surface area contributed by atoms with Gasteiger partial charge >= 0.3 is 0 Å². The summed E-state index contributed by atoms with van der Waals surface area (Å²) in [4.78, 5) is 6.93. The zero-order chi connectivity index (χ0) is 12.3. The molecule has 0 bridgehead atoms. The summed E-state index contributed by atoms with van der Waals surface area (Å²) in [6.07, 6.45) is 4.62. The molecule has 1 aromatic rings. The molecule has 1 N–H and O–H groups in total. The predicted octanol–water partition coefficient (Wildman–Crippen LogP) is 2.43. The van der Waals surface area contributed by atoms with E-state index >= 15 is 0 Å². The molecule has 0 spiro atoms. The molecule has 3 nitrogen and oxygen atoms in total. The summed E-state index contributed by atoms with van der Waals surface area (Å²) >= 11 is 0. The van der Waals surface area contributed by atoms with Crippen LogP contribution in [0.3, 0.4) is 0 Å². The van der Waals surface area contributed by atoms with Crippen LogP contribution in [-0.4, -0.2) is 24.6 Å². The second-order valence-corrected chi connectivity index (χ2v) is 5.31. The van der Waals surface area contributed by atoms with Gasteiger partial charge < -0.3 is 10.2 Å². The minimum Gasteiger partial charge on any atom is -0.368 e. The van der Waals surface area contributed by atoms with Gasteiger partial charge in [0.2, 0.25) is 0 Å². The highest BCUT2D eigenvalue weighted by Gasteiger charge is 2.29. The first-order chi connectivity index (χ1) is 8.20. The molecular formula is C14H23N3. The third-order valence-corrected chi connectivity index (χ3v) is 3.04. The van der Waals surface area contributed by atoms with Gasteiger partial charge in [-0.15, -0.1) is 0 Å². The van der Waals surface area contributed by atoms with E-state index in [0.29, 0.717) is 5.92 Å². The van der Waals surface area contributed by atoms with Crippen LogP contribution < -0.4 is 10.2 Å². The largest absolute Gasteiger partial charge is 0.368 e. The molecule has 94 valence electrons. The predicted molar refractivity (Wildman–Crippen MR) is 72.2 cm³/mol. The lowest BCUT2D eigenvalue weighted by atomic mass is 10.2. The van der Waals surface area contributed by atoms with Gasteiger partial charge in [0.05, 0.1) is 5.69 Å². The van der Waals surface area contributed by atoms with Crippen LogP contribution in [0.4, 0.5) is 5.69 Å². The van der Waals surface area contributed by atoms with Gasteiger partial charge in [0.15, 0.2) is 0 Å². The van der Waals surface area contributed by atoms with Gasteiger partial charge in [0, 0.05) is 31.0 Å². The molecule has 3 heteroatoms. The van der Waals surface area contributed by atoms with E-state index in [2.05, 4.69) is 41.2 Å². The van der Waals surface area contributed by atoms with Gasteiger partial charge in [-0.05, 0) is 37.9 Å². The highest BCUT2D eigenvalue weighted by molar-refractivity contribution is 5.48. The number of nitrogens with one attached hydrogen (secondary N) is 1. The SMILES string of the molecule is CNCc1cc(N(CC(C)C)C2CC2)ccn1. The second-order valence-electron chi connectivity index (χ2n) is 5.31. The molecule has 1 aliphatic rings. The molecule has 1 aliphatic carbocycles. The molecule has 0 aromatic carbocycles. The normalized spacial score (nSPS) is 15.3. The second kappa shape index (κ2) is 5.50. The fourth-order valence-corrected chi connectivity index (χ4v) is 2.17. The Kier molecular flexibility index (Phi) is 4.00. The molecule has 0 unspecified atom stereocenters. The van der Waals surface area contributed by atoms with Crippen LogP contribution in [0.2, 0.25) is 0 Å². The van der Waals surface area contributed by atoms with Crippen LogP contribution in [0.15, 0.2) is 18.3 Å². The molecule has 0 radical (unpaired) electrons. The topological polar surface area (TPSA) is 28.2 Å². The van der Waals surface area contributed by atoms with E-state index < -0.39 is 0 Å². The smallest absolute Gasteiger partial charge is 0.0562 e. The molecule has 1 fully saturated rings. The summed E-state index contributed by atoms with van der Waals surface area (Å²) in [5, 5.41) is 3.15. The molecule has 0 atom stereocenters. The van der Waals surface area contributed by atoms with Crippen LogP contribution in [-0.2, 0) is 6.54 Å². The van der Waals surface area contributed by atoms with E-state index in [-0.39, 0.29) is 0 Å². The molecule has 1 heterocycles. The highest BCUT2D eigenvalue weighted by Crippen LogP contribution is 2.32. The first-order valence-electron chi connectivity index (χ1n) is 6.57. The van der Waals surface area contributed by atoms with Gasteiger partial charge in [-0.2, -0.15) is 0 Å². The van der Waals surface area contributed by atoms with Crippen molar-refractivity contribution in [3.05, 3.63) is 24.0 Å². The zero-order valence-corrected chi connectivity index (χ0v) is 11.1. The Labute approximate surface area is 104 Å². The van der Waals surface area contributed by atoms with Crippen LogP contribution in [0, 0.1) is 5.92 Å². The summed E-state index contributed by atoms with van der Waals surface area (Å²) in [7, 11) is 1.96. The van der Waals surface area contributed by atoms with Gasteiger partial charge in [-0.1, -0.05) is 13.8 Å². The van der Waals surface area contributed by atoms with Crippen molar-refractivity contribution in [3.63, 3.8) is 0 Å². The Morgan fingerprint density at radius 1 is 1.47 bits per heavy atom. The average molecular weight is 233 g/mol. The standard InChI is InChI=1S/C14H23N3/c1-11(2)10-17(13-4-5-13)14-6-7-16-12(8-14)9-15-3/h6-8,11,13,15H,4-5,9-10H2,1-3H3. The van der Waals surface area contributed by atoms with Crippen molar-refractivity contribution in [2.45, 2.75) is 39.3 Å². The lowest BCUT2D eigenvalue weighted by Crippen LogP contribution is -2.30. The number of anilines is 1. The van der Waals surface area contributed by atoms with E-state index in [0.717, 1.165) is 24.8 Å². The van der Waals surface area contributed by atoms with Gasteiger partial charge in [0.1, 0.15) is 0 Å². The van der Waals surface area contributed by atoms with E-state index in [4.69, 9.17) is 0 Å². The Hall–Kier alpha value is -1.09. The minimum absolute atomic E-state index is 0.705. The molecular weight excluding hydrogens is 210 g/mol. The van der Waals surface area contributed by atoms with Crippen molar-refractivity contribution in [1.82, 2.24) is 10.3 Å². The Morgan fingerprint density at radius 2 is 2.24 bits per heavy atom. The number of rotatable bonds is 6. The summed E-state index contributed by atoms with van der Waals surface area (Å²) in [5.74, 6) is 0.705. The van der Waals surface area contributed by atoms with Crippen LogP contribution in [0.25, 0.3) is 0 Å². The fraction of sp³-hybridized carbons (Fsp3) is 0.643. The number of pyridine rings is 1. The third-order valence-electron chi connectivity index (χ3n) is 3.04. The van der Waals surface area contributed by atoms with E-state index in [9.17, 15) is 0 Å². The molecule has 1 saturated carbocycles. The molecule has 17 heavy (non-hydrogen) atoms. The van der Waals surface area contributed by atoms with E-state index in [1.54, 1.807) is 0 Å². The van der Waals surface area contributed by atoms with Crippen molar-refractivity contribution >= 4 is 5.69 Å². The Balaban J connectivity index is 2.13. The number of hydrogen-bond acceptors (Lipinski definition) is 3. The number of aromatic nitrogens is 1. The quantitative estimate of drug-likeness (QED) is 0.818. The van der Waals surface area contributed by atoms with Crippen LogP contribution in [0.5, 0.6) is 0 Å². The van der Waals surface area contributed by atoms with Gasteiger partial charge in [-0.3, -0.25) is 4.98 Å². The molecule has 0 amide bonds. The van der Waals surface area contributed by atoms with Crippen molar-refractivity contribution in [3.8, 4) is 0 Å². The summed E-state index contributed by atoms with van der Waals surface area (Å²) in [6.45, 7) is 6.55. The van der Waals surface area contributed by atoms with Crippen molar-refractivity contribution in [2.75, 3.05) is 18.5 Å². The van der Waals surface area contributed by atoms with E-state index in [1.807, 2.05) is 13.2 Å². The lowest BCUT2D eigenvalue weighted by Gasteiger charge is -2.27. The highest BCUT2D eigenvalue weighted by atomic mass is 15.2. The molecule has 0 saturated heterocycles. The minimum atomic E-state index is 0.705. The third kappa shape index (κ3) is 3.43. The first-order valence-corrected chi connectivity index (χ1v) is 6.57. The Morgan fingerprint density at radius 3 is 2.82 bits per heavy atom. The monoisotopic (exact) mass is 233 g/mol. The fourth-order valence-electron chi connectivity index (χ4n) is 2.17. The maximum Gasteiger partial charge on any atom is 0.0562 e. The Bertz CT molecular complexity index is 358. The maximum atomic E-state index is 4.38. The average Bonchev–Trinajstić information content (AvgIpc) is 3.10. The molecule has 2 rings (SSSR count). The number of nitrogens with zero attached hydrogens (tertiary/aromatic N) is 2. The summed E-state index contributed by atoms with van der Waals surface area (Å²) in [6, 6.07) is 5.12. The summed E-state index contributed by atoms with van der Waals surface area (Å²) < 4.78 is 0. The lowest BCUT2D eigenvalue weighted by molar-refractivity contribution is 0.606. The molecule has 0 aliphatic heterocycles. The van der Waals surface area contributed by atoms with Crippen molar-refractivity contribution in [1.29, 1.82) is 0 Å². The first kappa shape index (κ1) is 12.4. The molecule has 1 aromatic heterocycles. The van der Waals surface area contributed by atoms with Crippen molar-refractivity contribution in [2.24, 2.45) is 5.92 Å². The van der Waals surface area contributed by atoms with Crippen LogP contribution >= 0.6 is 0 Å². The summed E-state index contributed by atoms with van der Waals surface area (Å²) in [5.41, 5.74) is 2.46. The zero-order valence-electron chi connectivity index (χ0n) is 11.1. The van der Waals surface area contributed by atoms with Gasteiger partial charge in [-0.25, -0.2) is 0 Å². The van der Waals surface area contributed by atoms with E-state index in [1.165, 1.54) is 18.5 Å². The van der Waals surface area contributed by atoms with Crippen LogP contribution in [0.1, 0.15) is 32.4 Å². The van der Waals surface area contributed by atoms with Gasteiger partial charge in [0.25, 0.3) is 0 Å². The number of hydrogen-bond donors (Lipinski definition) is 1. The maximum absolute atomic E-state index is 4.38.